The first-order valence-corrected chi connectivity index (χ1v) is 14.4. The van der Waals surface area contributed by atoms with Gasteiger partial charge in [-0.25, -0.2) is 4.98 Å². The van der Waals surface area contributed by atoms with Crippen molar-refractivity contribution in [1.82, 2.24) is 4.98 Å². The zero-order valence-corrected chi connectivity index (χ0v) is 25.2. The largest absolute Gasteiger partial charge is 0.384 e. The number of para-hydroxylation sites is 1. The van der Waals surface area contributed by atoms with Crippen LogP contribution in [0.5, 0.6) is 0 Å². The molecule has 0 saturated carbocycles. The number of aromatic nitrogens is 1. The first kappa shape index (κ1) is 26.6. The highest BCUT2D eigenvalue weighted by molar-refractivity contribution is 7.82. The van der Waals surface area contributed by atoms with E-state index in [1.165, 1.54) is 4.31 Å². The quantitative estimate of drug-likeness (QED) is 0.158. The van der Waals surface area contributed by atoms with Crippen molar-refractivity contribution in [1.29, 1.82) is 0 Å². The number of carbonyl (C=O) groups excluding carboxylic acids is 1. The molecule has 4 nitrogen and oxygen atoms in total. The van der Waals surface area contributed by atoms with Gasteiger partial charge in [0.2, 0.25) is 0 Å². The number of thiol groups is 1. The summed E-state index contributed by atoms with van der Waals surface area (Å²) in [4.78, 5) is 18.7. The van der Waals surface area contributed by atoms with Crippen LogP contribution in [0.2, 0.25) is 0 Å². The van der Waals surface area contributed by atoms with Gasteiger partial charge in [-0.1, -0.05) is 49.8 Å². The number of fused-ring (bicyclic) bond motifs is 1. The van der Waals surface area contributed by atoms with E-state index < -0.39 is 0 Å². The molecule has 0 radical (unpaired) electrons. The van der Waals surface area contributed by atoms with Gasteiger partial charge in [-0.2, -0.15) is 0 Å². The number of benzene rings is 3. The third-order valence-corrected chi connectivity index (χ3v) is 9.74. The fourth-order valence-electron chi connectivity index (χ4n) is 4.00. The molecule has 10 heteroatoms. The molecule has 0 aliphatic rings. The molecule has 0 saturated heterocycles. The summed E-state index contributed by atoms with van der Waals surface area (Å²) in [7, 11) is 10.4. The maximum Gasteiger partial charge on any atom is 0.268 e. The first-order chi connectivity index (χ1) is 16.7. The number of carbonyl (C=O) groups is 1. The molecule has 0 aliphatic carbocycles. The monoisotopic (exact) mass is 555 g/mol. The number of amides is 1. The standard InChI is InChI=1S/C25H29BN3OP3S2/c1-3-4-11-27-20-22(32)19(26)18(21(31)23(20)33)25(30)29(34)16-12-13(2)9-10-14(16)24-28-15-7-5-6-8-17(15)35-24/h5-10,12,27,34H,3-4,11,26,31-33H2,1-2H3. The molecule has 1 amide bonds. The minimum absolute atomic E-state index is 0.170. The highest BCUT2D eigenvalue weighted by Crippen LogP contribution is 2.38. The Hall–Kier alpha value is -1.48. The lowest BCUT2D eigenvalue weighted by atomic mass is 9.88. The SMILES string of the molecule is Bc1c(P)c(NCCCC)c(P)c(P)c1C(=O)N(S)c1cc(C)ccc1-c1nc2ccccc2s1. The normalized spacial score (nSPS) is 11.1. The molecule has 0 aliphatic heterocycles. The Morgan fingerprint density at radius 2 is 1.89 bits per heavy atom. The Bertz CT molecular complexity index is 1360. The summed E-state index contributed by atoms with van der Waals surface area (Å²) in [5, 5.41) is 7.23. The van der Waals surface area contributed by atoms with E-state index in [1.807, 2.05) is 51.2 Å². The van der Waals surface area contributed by atoms with Crippen LogP contribution in [0.1, 0.15) is 35.7 Å². The number of aryl methyl sites for hydroxylation is 1. The number of nitrogens with one attached hydrogen (secondary N) is 1. The summed E-state index contributed by atoms with van der Waals surface area (Å²) < 4.78 is 2.57. The number of thiazole rings is 1. The van der Waals surface area contributed by atoms with E-state index in [-0.39, 0.29) is 5.91 Å². The van der Waals surface area contributed by atoms with Crippen molar-refractivity contribution >= 4 is 109 Å². The van der Waals surface area contributed by atoms with Crippen molar-refractivity contribution in [2.24, 2.45) is 0 Å². The molecule has 3 aromatic carbocycles. The molecule has 180 valence electrons. The third kappa shape index (κ3) is 5.31. The Kier molecular flexibility index (Phi) is 8.57. The fourth-order valence-corrected chi connectivity index (χ4v) is 6.72. The van der Waals surface area contributed by atoms with E-state index >= 15 is 0 Å². The van der Waals surface area contributed by atoms with Crippen molar-refractivity contribution in [3.63, 3.8) is 0 Å². The molecule has 0 spiro atoms. The van der Waals surface area contributed by atoms with Gasteiger partial charge < -0.3 is 5.32 Å². The average Bonchev–Trinajstić information content (AvgIpc) is 3.28. The molecule has 1 N–H and O–H groups in total. The summed E-state index contributed by atoms with van der Waals surface area (Å²) in [6.45, 7) is 5.08. The van der Waals surface area contributed by atoms with Crippen LogP contribution in [-0.4, -0.2) is 25.3 Å². The molecule has 0 bridgehead atoms. The van der Waals surface area contributed by atoms with Crippen LogP contribution in [0.25, 0.3) is 20.8 Å². The molecule has 1 aromatic heterocycles. The van der Waals surface area contributed by atoms with Gasteiger partial charge in [0.25, 0.3) is 5.91 Å². The Balaban J connectivity index is 1.77. The Morgan fingerprint density at radius 1 is 1.14 bits per heavy atom. The highest BCUT2D eigenvalue weighted by atomic mass is 32.1. The topological polar surface area (TPSA) is 45.2 Å². The van der Waals surface area contributed by atoms with Gasteiger partial charge in [0.15, 0.2) is 0 Å². The van der Waals surface area contributed by atoms with Gasteiger partial charge in [0.1, 0.15) is 12.9 Å². The molecule has 3 unspecified atom stereocenters. The number of rotatable bonds is 7. The summed E-state index contributed by atoms with van der Waals surface area (Å²) in [5.74, 6) is -0.170. The fraction of sp³-hybridized carbons (Fsp3) is 0.200. The van der Waals surface area contributed by atoms with Gasteiger partial charge in [0.05, 0.1) is 15.9 Å². The van der Waals surface area contributed by atoms with Gasteiger partial charge in [-0.15, -0.1) is 39.1 Å². The second-order valence-corrected chi connectivity index (χ2v) is 11.7. The molecular formula is C25H29BN3OP3S2. The summed E-state index contributed by atoms with van der Waals surface area (Å²) in [5.41, 5.74) is 6.21. The lowest BCUT2D eigenvalue weighted by Crippen LogP contribution is -2.43. The van der Waals surface area contributed by atoms with Crippen LogP contribution in [0.4, 0.5) is 11.4 Å². The second kappa shape index (κ2) is 11.3. The molecule has 3 atom stereocenters. The Morgan fingerprint density at radius 3 is 2.60 bits per heavy atom. The van der Waals surface area contributed by atoms with Crippen LogP contribution in [-0.2, 0) is 0 Å². The van der Waals surface area contributed by atoms with E-state index in [4.69, 9.17) is 17.8 Å². The minimum atomic E-state index is -0.170. The van der Waals surface area contributed by atoms with Crippen molar-refractivity contribution < 1.29 is 4.79 Å². The van der Waals surface area contributed by atoms with Gasteiger partial charge >= 0.3 is 0 Å². The van der Waals surface area contributed by atoms with Gasteiger partial charge in [-0.3, -0.25) is 9.10 Å². The zero-order chi connectivity index (χ0) is 25.3. The lowest BCUT2D eigenvalue weighted by molar-refractivity contribution is 0.101. The van der Waals surface area contributed by atoms with Gasteiger partial charge in [-0.05, 0) is 53.8 Å². The molecule has 4 rings (SSSR count). The van der Waals surface area contributed by atoms with E-state index in [0.29, 0.717) is 5.56 Å². The molecular weight excluding hydrogens is 526 g/mol. The molecule has 0 fully saturated rings. The first-order valence-electron chi connectivity index (χ1n) is 11.4. The van der Waals surface area contributed by atoms with E-state index in [1.54, 1.807) is 11.3 Å². The number of anilines is 2. The van der Waals surface area contributed by atoms with Crippen LogP contribution in [0.15, 0.2) is 42.5 Å². The van der Waals surface area contributed by atoms with Crippen LogP contribution < -0.4 is 31.0 Å². The summed E-state index contributed by atoms with van der Waals surface area (Å²) in [6.07, 6.45) is 2.21. The lowest BCUT2D eigenvalue weighted by Gasteiger charge is -2.25. The van der Waals surface area contributed by atoms with Crippen LogP contribution >= 0.6 is 51.9 Å². The zero-order valence-electron chi connectivity index (χ0n) is 20.1. The van der Waals surface area contributed by atoms with E-state index in [9.17, 15) is 4.79 Å². The number of hydrogen-bond acceptors (Lipinski definition) is 5. The average molecular weight is 555 g/mol. The number of nitrogens with zero attached hydrogens (tertiary/aromatic N) is 2. The highest BCUT2D eigenvalue weighted by Gasteiger charge is 2.26. The predicted molar refractivity (Wildman–Crippen MR) is 172 cm³/mol. The second-order valence-electron chi connectivity index (χ2n) is 8.52. The number of unbranched alkanes of at least 4 members (excludes halogenated alkanes) is 1. The van der Waals surface area contributed by atoms with Gasteiger partial charge in [0, 0.05) is 28.7 Å². The third-order valence-electron chi connectivity index (χ3n) is 6.02. The predicted octanol–water partition coefficient (Wildman–Crippen LogP) is 3.73. The number of hydrogen-bond donors (Lipinski definition) is 2. The molecule has 4 aromatic rings. The molecule has 35 heavy (non-hydrogen) atoms. The van der Waals surface area contributed by atoms with Crippen molar-refractivity contribution in [2.45, 2.75) is 26.7 Å². The minimum Gasteiger partial charge on any atom is -0.384 e. The summed E-state index contributed by atoms with van der Waals surface area (Å²) in [6, 6.07) is 14.1. The van der Waals surface area contributed by atoms with E-state index in [2.05, 4.69) is 46.0 Å². The van der Waals surface area contributed by atoms with Crippen molar-refractivity contribution in [3.8, 4) is 10.6 Å². The van der Waals surface area contributed by atoms with E-state index in [0.717, 1.165) is 78.5 Å². The van der Waals surface area contributed by atoms with Crippen molar-refractivity contribution in [3.05, 3.63) is 53.6 Å². The Labute approximate surface area is 224 Å². The molecule has 1 heterocycles. The smallest absolute Gasteiger partial charge is 0.268 e. The van der Waals surface area contributed by atoms with Crippen LogP contribution in [0.3, 0.4) is 0 Å². The van der Waals surface area contributed by atoms with Crippen LogP contribution in [0, 0.1) is 6.92 Å². The van der Waals surface area contributed by atoms with Crippen molar-refractivity contribution in [2.75, 3.05) is 16.2 Å². The maximum atomic E-state index is 13.9. The summed E-state index contributed by atoms with van der Waals surface area (Å²) >= 11 is 6.35. The maximum absolute atomic E-state index is 13.9.